The van der Waals surface area contributed by atoms with Crippen molar-refractivity contribution in [3.05, 3.63) is 0 Å². The lowest BCUT2D eigenvalue weighted by atomic mass is 9.76. The van der Waals surface area contributed by atoms with E-state index in [0.29, 0.717) is 6.04 Å². The maximum atomic E-state index is 12.5. The number of hydrogen-bond acceptors (Lipinski definition) is 4. The summed E-state index contributed by atoms with van der Waals surface area (Å²) in [5.74, 6) is 0.0996. The number of hydrogen-bond donors (Lipinski definition) is 3. The van der Waals surface area contributed by atoms with Crippen LogP contribution in [0.25, 0.3) is 0 Å². The van der Waals surface area contributed by atoms with E-state index in [4.69, 9.17) is 5.73 Å². The molecule has 4 unspecified atom stereocenters. The topological polar surface area (TPSA) is 78.6 Å². The molecule has 5 heteroatoms. The Balaban J connectivity index is 2.17. The van der Waals surface area contributed by atoms with E-state index >= 15 is 0 Å². The number of rotatable bonds is 3. The van der Waals surface area contributed by atoms with Crippen molar-refractivity contribution in [2.24, 2.45) is 5.73 Å². The first-order valence-electron chi connectivity index (χ1n) is 6.85. The summed E-state index contributed by atoms with van der Waals surface area (Å²) in [7, 11) is 0. The molecule has 18 heavy (non-hydrogen) atoms. The number of carbonyl (C=O) groups is 1. The third-order valence-electron chi connectivity index (χ3n) is 4.58. The van der Waals surface area contributed by atoms with Crippen molar-refractivity contribution < 1.29 is 9.90 Å². The fourth-order valence-corrected chi connectivity index (χ4v) is 3.60. The zero-order valence-corrected chi connectivity index (χ0v) is 11.7. The molecule has 0 bridgehead atoms. The predicted octanol–water partition coefficient (Wildman–Crippen LogP) is -0.176. The Kier molecular flexibility index (Phi) is 3.42. The highest BCUT2D eigenvalue weighted by Crippen LogP contribution is 2.41. The van der Waals surface area contributed by atoms with Crippen LogP contribution in [0.15, 0.2) is 0 Å². The monoisotopic (exact) mass is 255 g/mol. The van der Waals surface area contributed by atoms with E-state index in [0.717, 1.165) is 12.8 Å². The Labute approximate surface area is 109 Å². The number of β-lactam (4-membered cyclic amide) rings is 1. The summed E-state index contributed by atoms with van der Waals surface area (Å²) in [6.07, 6.45) is 1.31. The molecular formula is C13H25N3O2. The lowest BCUT2D eigenvalue weighted by Gasteiger charge is -2.57. The minimum Gasteiger partial charge on any atom is -0.391 e. The van der Waals surface area contributed by atoms with Crippen molar-refractivity contribution in [2.75, 3.05) is 0 Å². The fraction of sp³-hybridized carbons (Fsp3) is 0.923. The Morgan fingerprint density at radius 2 is 2.11 bits per heavy atom. The summed E-state index contributed by atoms with van der Waals surface area (Å²) < 4.78 is 0. The minimum atomic E-state index is -0.604. The first-order chi connectivity index (χ1) is 8.31. The van der Waals surface area contributed by atoms with Crippen molar-refractivity contribution in [3.63, 3.8) is 0 Å². The average Bonchev–Trinajstić information content (AvgIpc) is 2.68. The molecule has 2 aliphatic rings. The van der Waals surface area contributed by atoms with Gasteiger partial charge in [-0.2, -0.15) is 0 Å². The fourth-order valence-electron chi connectivity index (χ4n) is 3.60. The SMILES string of the molecule is CC1CCC2(N1)C(=O)N([C@H](C(C)N)[C@@H](C)O)C2C. The molecule has 1 amide bonds. The van der Waals surface area contributed by atoms with E-state index in [1.54, 1.807) is 11.8 Å². The highest BCUT2D eigenvalue weighted by Gasteiger charge is 2.62. The molecule has 0 saturated carbocycles. The molecule has 2 aliphatic heterocycles. The maximum Gasteiger partial charge on any atom is 0.245 e. The van der Waals surface area contributed by atoms with Gasteiger partial charge >= 0.3 is 0 Å². The molecule has 4 N–H and O–H groups in total. The van der Waals surface area contributed by atoms with Crippen LogP contribution >= 0.6 is 0 Å². The molecule has 0 aromatic heterocycles. The van der Waals surface area contributed by atoms with Gasteiger partial charge in [-0.1, -0.05) is 0 Å². The van der Waals surface area contributed by atoms with Crippen LogP contribution in [0.4, 0.5) is 0 Å². The number of amides is 1. The minimum absolute atomic E-state index is 0.0977. The highest BCUT2D eigenvalue weighted by atomic mass is 16.3. The molecular weight excluding hydrogens is 230 g/mol. The normalized spacial score (nSPS) is 40.8. The summed E-state index contributed by atoms with van der Waals surface area (Å²) in [5.41, 5.74) is 5.51. The van der Waals surface area contributed by atoms with Gasteiger partial charge in [0.1, 0.15) is 5.54 Å². The van der Waals surface area contributed by atoms with Crippen molar-refractivity contribution >= 4 is 5.91 Å². The molecule has 2 rings (SSSR count). The summed E-state index contributed by atoms with van der Waals surface area (Å²) in [5, 5.41) is 13.3. The molecule has 2 heterocycles. The van der Waals surface area contributed by atoms with Gasteiger partial charge in [0, 0.05) is 12.1 Å². The lowest BCUT2D eigenvalue weighted by Crippen LogP contribution is -2.81. The summed E-state index contributed by atoms with van der Waals surface area (Å²) >= 11 is 0. The molecule has 104 valence electrons. The third-order valence-corrected chi connectivity index (χ3v) is 4.58. The van der Waals surface area contributed by atoms with Gasteiger partial charge in [0.25, 0.3) is 0 Å². The summed E-state index contributed by atoms with van der Waals surface area (Å²) in [4.78, 5) is 14.3. The quantitative estimate of drug-likeness (QED) is 0.612. The van der Waals surface area contributed by atoms with Gasteiger partial charge < -0.3 is 15.7 Å². The van der Waals surface area contributed by atoms with E-state index in [1.807, 2.05) is 13.8 Å². The zero-order valence-electron chi connectivity index (χ0n) is 11.7. The highest BCUT2D eigenvalue weighted by molar-refractivity contribution is 5.95. The Morgan fingerprint density at radius 1 is 1.50 bits per heavy atom. The van der Waals surface area contributed by atoms with Crippen LogP contribution in [0.3, 0.4) is 0 Å². The number of carbonyl (C=O) groups excluding carboxylic acids is 1. The van der Waals surface area contributed by atoms with Gasteiger partial charge in [0.15, 0.2) is 0 Å². The van der Waals surface area contributed by atoms with Crippen molar-refractivity contribution in [3.8, 4) is 0 Å². The Hall–Kier alpha value is -0.650. The lowest BCUT2D eigenvalue weighted by molar-refractivity contribution is -0.171. The van der Waals surface area contributed by atoms with Crippen molar-refractivity contribution in [1.82, 2.24) is 10.2 Å². The molecule has 5 nitrogen and oxygen atoms in total. The Bertz CT molecular complexity index is 337. The van der Waals surface area contributed by atoms with Gasteiger partial charge in [-0.25, -0.2) is 0 Å². The van der Waals surface area contributed by atoms with E-state index in [-0.39, 0.29) is 24.0 Å². The maximum absolute atomic E-state index is 12.5. The molecule has 1 spiro atoms. The predicted molar refractivity (Wildman–Crippen MR) is 70.0 cm³/mol. The number of nitrogens with two attached hydrogens (primary N) is 1. The van der Waals surface area contributed by atoms with Gasteiger partial charge in [-0.05, 0) is 40.5 Å². The van der Waals surface area contributed by atoms with Crippen LogP contribution in [-0.4, -0.2) is 51.7 Å². The summed E-state index contributed by atoms with van der Waals surface area (Å²) in [6.45, 7) is 7.69. The average molecular weight is 255 g/mol. The standard InChI is InChI=1S/C13H25N3O2/c1-7-5-6-13(15-7)10(4)16(12(13)18)11(8(2)14)9(3)17/h7-11,15,17H,5-6,14H2,1-4H3/t7?,8?,9-,10?,11-,13?/m1/s1. The van der Waals surface area contributed by atoms with Gasteiger partial charge in [0.05, 0.1) is 18.2 Å². The molecule has 0 aromatic carbocycles. The Morgan fingerprint density at radius 3 is 2.44 bits per heavy atom. The zero-order chi connectivity index (χ0) is 13.7. The van der Waals surface area contributed by atoms with Gasteiger partial charge in [-0.3, -0.25) is 10.1 Å². The molecule has 2 fully saturated rings. The van der Waals surface area contributed by atoms with Gasteiger partial charge in [-0.15, -0.1) is 0 Å². The van der Waals surface area contributed by atoms with Crippen molar-refractivity contribution in [1.29, 1.82) is 0 Å². The molecule has 0 aromatic rings. The van der Waals surface area contributed by atoms with Crippen LogP contribution < -0.4 is 11.1 Å². The van der Waals surface area contributed by atoms with Crippen molar-refractivity contribution in [2.45, 2.75) is 76.3 Å². The first-order valence-corrected chi connectivity index (χ1v) is 6.85. The van der Waals surface area contributed by atoms with Crippen LogP contribution in [0.5, 0.6) is 0 Å². The smallest absolute Gasteiger partial charge is 0.245 e. The van der Waals surface area contributed by atoms with E-state index < -0.39 is 11.6 Å². The van der Waals surface area contributed by atoms with E-state index in [9.17, 15) is 9.90 Å². The second-order valence-corrected chi connectivity index (χ2v) is 6.03. The molecule has 6 atom stereocenters. The molecule has 2 saturated heterocycles. The number of aliphatic hydroxyl groups is 1. The number of nitrogens with zero attached hydrogens (tertiary/aromatic N) is 1. The number of aliphatic hydroxyl groups excluding tert-OH is 1. The van der Waals surface area contributed by atoms with E-state index in [2.05, 4.69) is 12.2 Å². The first kappa shape index (κ1) is 13.8. The molecule has 0 radical (unpaired) electrons. The van der Waals surface area contributed by atoms with E-state index in [1.165, 1.54) is 0 Å². The summed E-state index contributed by atoms with van der Waals surface area (Å²) in [6, 6.07) is -0.0391. The number of likely N-dealkylation sites (tertiary alicyclic amines) is 1. The molecule has 0 aliphatic carbocycles. The number of nitrogens with one attached hydrogen (secondary N) is 1. The van der Waals surface area contributed by atoms with Gasteiger partial charge in [0.2, 0.25) is 5.91 Å². The second kappa shape index (κ2) is 4.47. The second-order valence-electron chi connectivity index (χ2n) is 6.03. The third kappa shape index (κ3) is 1.76. The largest absolute Gasteiger partial charge is 0.391 e. The van der Waals surface area contributed by atoms with Crippen LogP contribution in [0.1, 0.15) is 40.5 Å². The van der Waals surface area contributed by atoms with Crippen LogP contribution in [0.2, 0.25) is 0 Å². The van der Waals surface area contributed by atoms with Crippen LogP contribution in [-0.2, 0) is 4.79 Å². The van der Waals surface area contributed by atoms with Crippen LogP contribution in [0, 0.1) is 0 Å².